The number of amides is 2. The van der Waals surface area contributed by atoms with E-state index in [0.29, 0.717) is 17.1 Å². The molecule has 6 heteroatoms. The first kappa shape index (κ1) is 21.9. The van der Waals surface area contributed by atoms with E-state index in [4.69, 9.17) is 11.6 Å². The molecule has 0 saturated carbocycles. The largest absolute Gasteiger partial charge is 0.340 e. The number of rotatable bonds is 7. The van der Waals surface area contributed by atoms with Crippen LogP contribution in [0.3, 0.4) is 0 Å². The Kier molecular flexibility index (Phi) is 7.58. The van der Waals surface area contributed by atoms with Gasteiger partial charge in [0.25, 0.3) is 5.91 Å². The summed E-state index contributed by atoms with van der Waals surface area (Å²) < 4.78 is 13.9. The van der Waals surface area contributed by atoms with Gasteiger partial charge in [0, 0.05) is 10.7 Å². The lowest BCUT2D eigenvalue weighted by Gasteiger charge is -2.24. The highest BCUT2D eigenvalue weighted by atomic mass is 35.5. The van der Waals surface area contributed by atoms with Gasteiger partial charge in [-0.2, -0.15) is 0 Å². The standard InChI is InChI=1S/C22H26ClFN2O2/c1-5-14-11-12-17(23)15(6-2)20(14)26-22(28)19(13(3)4)25-21(27)16-9-7-8-10-18(16)24/h7-13,19H,5-6H2,1-4H3,(H,25,27)(H,26,28)/t19-/m0/s1. The molecule has 2 amide bonds. The van der Waals surface area contributed by atoms with Gasteiger partial charge in [-0.15, -0.1) is 0 Å². The van der Waals surface area contributed by atoms with Crippen molar-refractivity contribution in [3.8, 4) is 0 Å². The molecule has 0 saturated heterocycles. The Balaban J connectivity index is 2.29. The summed E-state index contributed by atoms with van der Waals surface area (Å²) in [6, 6.07) is 8.59. The SMILES string of the molecule is CCc1ccc(Cl)c(CC)c1NC(=O)[C@@H](NC(=O)c1ccccc1F)C(C)C. The summed E-state index contributed by atoms with van der Waals surface area (Å²) in [4.78, 5) is 25.5. The maximum atomic E-state index is 13.9. The molecule has 0 aliphatic rings. The third kappa shape index (κ3) is 4.90. The average molecular weight is 405 g/mol. The number of aryl methyl sites for hydroxylation is 1. The number of carbonyl (C=O) groups excluding carboxylic acids is 2. The van der Waals surface area contributed by atoms with E-state index in [1.807, 2.05) is 39.8 Å². The van der Waals surface area contributed by atoms with Gasteiger partial charge < -0.3 is 10.6 Å². The van der Waals surface area contributed by atoms with E-state index in [0.717, 1.165) is 17.5 Å². The van der Waals surface area contributed by atoms with E-state index in [9.17, 15) is 14.0 Å². The van der Waals surface area contributed by atoms with Gasteiger partial charge in [0.2, 0.25) is 5.91 Å². The summed E-state index contributed by atoms with van der Waals surface area (Å²) in [5.41, 5.74) is 2.43. The highest BCUT2D eigenvalue weighted by Crippen LogP contribution is 2.30. The van der Waals surface area contributed by atoms with E-state index >= 15 is 0 Å². The van der Waals surface area contributed by atoms with Gasteiger partial charge in [-0.3, -0.25) is 9.59 Å². The molecule has 0 fully saturated rings. The van der Waals surface area contributed by atoms with Crippen LogP contribution in [0.4, 0.5) is 10.1 Å². The Hall–Kier alpha value is -2.40. The predicted octanol–water partition coefficient (Wildman–Crippen LogP) is 5.00. The molecule has 2 aromatic rings. The van der Waals surface area contributed by atoms with Crippen LogP contribution in [0.25, 0.3) is 0 Å². The molecule has 0 radical (unpaired) electrons. The van der Waals surface area contributed by atoms with Crippen LogP contribution in [0.1, 0.15) is 49.2 Å². The molecule has 0 unspecified atom stereocenters. The topological polar surface area (TPSA) is 58.2 Å². The van der Waals surface area contributed by atoms with Crippen molar-refractivity contribution >= 4 is 29.1 Å². The number of nitrogens with one attached hydrogen (secondary N) is 2. The summed E-state index contributed by atoms with van der Waals surface area (Å²) in [7, 11) is 0. The van der Waals surface area contributed by atoms with Gasteiger partial charge in [0.15, 0.2) is 0 Å². The molecule has 2 N–H and O–H groups in total. The fourth-order valence-electron chi connectivity index (χ4n) is 3.07. The quantitative estimate of drug-likeness (QED) is 0.682. The van der Waals surface area contributed by atoms with Crippen LogP contribution in [0.2, 0.25) is 5.02 Å². The minimum atomic E-state index is -0.819. The van der Waals surface area contributed by atoms with Crippen molar-refractivity contribution < 1.29 is 14.0 Å². The average Bonchev–Trinajstić information content (AvgIpc) is 2.66. The molecule has 150 valence electrons. The second kappa shape index (κ2) is 9.69. The Labute approximate surface area is 170 Å². The third-order valence-electron chi connectivity index (χ3n) is 4.68. The van der Waals surface area contributed by atoms with Gasteiger partial charge >= 0.3 is 0 Å². The molecule has 0 aromatic heterocycles. The predicted molar refractivity (Wildman–Crippen MR) is 111 cm³/mol. The minimum Gasteiger partial charge on any atom is -0.340 e. The van der Waals surface area contributed by atoms with E-state index in [1.165, 1.54) is 18.2 Å². The Morgan fingerprint density at radius 1 is 1.07 bits per heavy atom. The zero-order valence-corrected chi connectivity index (χ0v) is 17.4. The second-order valence-electron chi connectivity index (χ2n) is 6.93. The summed E-state index contributed by atoms with van der Waals surface area (Å²) >= 11 is 6.30. The number of benzene rings is 2. The third-order valence-corrected chi connectivity index (χ3v) is 5.03. The Morgan fingerprint density at radius 3 is 2.32 bits per heavy atom. The molecule has 4 nitrogen and oxygen atoms in total. The number of hydrogen-bond acceptors (Lipinski definition) is 2. The lowest BCUT2D eigenvalue weighted by molar-refractivity contribution is -0.118. The van der Waals surface area contributed by atoms with Crippen molar-refractivity contribution in [2.75, 3.05) is 5.32 Å². The second-order valence-corrected chi connectivity index (χ2v) is 7.34. The fraction of sp³-hybridized carbons (Fsp3) is 0.364. The van der Waals surface area contributed by atoms with Gasteiger partial charge in [-0.25, -0.2) is 4.39 Å². The van der Waals surface area contributed by atoms with Crippen molar-refractivity contribution in [1.82, 2.24) is 5.32 Å². The van der Waals surface area contributed by atoms with Crippen LogP contribution in [0, 0.1) is 11.7 Å². The first-order valence-electron chi connectivity index (χ1n) is 9.46. The summed E-state index contributed by atoms with van der Waals surface area (Å²) in [6.07, 6.45) is 1.39. The van der Waals surface area contributed by atoms with Crippen LogP contribution in [-0.4, -0.2) is 17.9 Å². The van der Waals surface area contributed by atoms with E-state index in [-0.39, 0.29) is 17.4 Å². The molecule has 0 aliphatic heterocycles. The number of carbonyl (C=O) groups is 2. The van der Waals surface area contributed by atoms with E-state index in [2.05, 4.69) is 10.6 Å². The molecule has 2 aromatic carbocycles. The maximum absolute atomic E-state index is 13.9. The zero-order chi connectivity index (χ0) is 20.8. The van der Waals surface area contributed by atoms with Gasteiger partial charge in [-0.1, -0.05) is 57.5 Å². The van der Waals surface area contributed by atoms with Crippen LogP contribution in [0.5, 0.6) is 0 Å². The van der Waals surface area contributed by atoms with Crippen molar-refractivity contribution in [1.29, 1.82) is 0 Å². The molecule has 0 spiro atoms. The lowest BCUT2D eigenvalue weighted by Crippen LogP contribution is -2.47. The van der Waals surface area contributed by atoms with Crippen LogP contribution >= 0.6 is 11.6 Å². The van der Waals surface area contributed by atoms with E-state index < -0.39 is 17.8 Å². The molecular formula is C22H26ClFN2O2. The maximum Gasteiger partial charge on any atom is 0.254 e. The van der Waals surface area contributed by atoms with Crippen molar-refractivity contribution in [3.63, 3.8) is 0 Å². The normalized spacial score (nSPS) is 12.0. The van der Waals surface area contributed by atoms with Gasteiger partial charge in [-0.05, 0) is 48.1 Å². The number of halogens is 2. The molecule has 0 bridgehead atoms. The first-order chi connectivity index (χ1) is 13.3. The molecular weight excluding hydrogens is 379 g/mol. The van der Waals surface area contributed by atoms with Crippen molar-refractivity contribution in [3.05, 3.63) is 63.9 Å². The molecule has 28 heavy (non-hydrogen) atoms. The molecule has 0 aliphatic carbocycles. The van der Waals surface area contributed by atoms with E-state index in [1.54, 1.807) is 6.07 Å². The van der Waals surface area contributed by atoms with Crippen molar-refractivity contribution in [2.45, 2.75) is 46.6 Å². The monoisotopic (exact) mass is 404 g/mol. The van der Waals surface area contributed by atoms with Crippen LogP contribution < -0.4 is 10.6 Å². The smallest absolute Gasteiger partial charge is 0.254 e. The fourth-order valence-corrected chi connectivity index (χ4v) is 3.36. The number of anilines is 1. The van der Waals surface area contributed by atoms with Crippen molar-refractivity contribution in [2.24, 2.45) is 5.92 Å². The Bertz CT molecular complexity index is 868. The molecule has 2 rings (SSSR count). The highest BCUT2D eigenvalue weighted by Gasteiger charge is 2.27. The molecule has 1 atom stereocenters. The summed E-state index contributed by atoms with van der Waals surface area (Å²) in [5.74, 6) is -1.79. The van der Waals surface area contributed by atoms with Gasteiger partial charge in [0.1, 0.15) is 11.9 Å². The highest BCUT2D eigenvalue weighted by molar-refractivity contribution is 6.32. The van der Waals surface area contributed by atoms with Crippen LogP contribution in [-0.2, 0) is 17.6 Å². The molecule has 0 heterocycles. The minimum absolute atomic E-state index is 0.0906. The summed E-state index contributed by atoms with van der Waals surface area (Å²) in [6.45, 7) is 7.62. The first-order valence-corrected chi connectivity index (χ1v) is 9.84. The Morgan fingerprint density at radius 2 is 1.75 bits per heavy atom. The zero-order valence-electron chi connectivity index (χ0n) is 16.6. The number of hydrogen-bond donors (Lipinski definition) is 2. The van der Waals surface area contributed by atoms with Gasteiger partial charge in [0.05, 0.1) is 5.56 Å². The van der Waals surface area contributed by atoms with Crippen LogP contribution in [0.15, 0.2) is 36.4 Å². The lowest BCUT2D eigenvalue weighted by atomic mass is 10.00. The summed E-state index contributed by atoms with van der Waals surface area (Å²) in [5, 5.41) is 6.19.